The molecule has 1 aromatic carbocycles. The number of benzene rings is 1. The van der Waals surface area contributed by atoms with Crippen molar-refractivity contribution in [2.75, 3.05) is 0 Å². The highest BCUT2D eigenvalue weighted by Crippen LogP contribution is 2.33. The maximum absolute atomic E-state index is 13.8. The van der Waals surface area contributed by atoms with Crippen LogP contribution in [-0.4, -0.2) is 10.7 Å². The smallest absolute Gasteiger partial charge is 0.256 e. The molecule has 0 saturated carbocycles. The lowest BCUT2D eigenvalue weighted by Gasteiger charge is -2.12. The lowest BCUT2D eigenvalue weighted by molar-refractivity contribution is 0.111. The molecular weight excluding hydrogens is 368 g/mol. The van der Waals surface area contributed by atoms with Gasteiger partial charge in [-0.15, -0.1) is 11.3 Å². The van der Waals surface area contributed by atoms with Crippen molar-refractivity contribution in [3.63, 3.8) is 0 Å². The second-order valence-electron chi connectivity index (χ2n) is 6.59. The van der Waals surface area contributed by atoms with Gasteiger partial charge in [0.05, 0.1) is 5.69 Å². The first-order valence-corrected chi connectivity index (χ1v) is 10.0. The van der Waals surface area contributed by atoms with E-state index in [1.54, 1.807) is 5.38 Å². The molecule has 0 aliphatic heterocycles. The van der Waals surface area contributed by atoms with Gasteiger partial charge >= 0.3 is 0 Å². The van der Waals surface area contributed by atoms with Crippen LogP contribution in [0, 0.1) is 11.6 Å². The highest BCUT2D eigenvalue weighted by Gasteiger charge is 2.17. The van der Waals surface area contributed by atoms with E-state index in [2.05, 4.69) is 6.92 Å². The Morgan fingerprint density at radius 2 is 1.85 bits per heavy atom. The zero-order valence-corrected chi connectivity index (χ0v) is 16.0. The third kappa shape index (κ3) is 4.00. The molecule has 6 heteroatoms. The van der Waals surface area contributed by atoms with Crippen LogP contribution < -0.4 is 5.56 Å². The van der Waals surface area contributed by atoms with Crippen LogP contribution in [0.15, 0.2) is 34.4 Å². The number of fused-ring (bicyclic) bond motifs is 1. The van der Waals surface area contributed by atoms with Crippen molar-refractivity contribution in [2.45, 2.75) is 45.4 Å². The number of hydrogen-bond donors (Lipinski definition) is 0. The third-order valence-electron chi connectivity index (χ3n) is 4.68. The molecule has 0 spiro atoms. The quantitative estimate of drug-likeness (QED) is 0.370. The SMILES string of the molecule is CCCCCCCc1cc(=O)n2c(C=O)csc2c1-c1ccc(F)c(F)c1. The van der Waals surface area contributed by atoms with Crippen molar-refractivity contribution in [2.24, 2.45) is 0 Å². The highest BCUT2D eigenvalue weighted by atomic mass is 32.1. The molecule has 2 aromatic heterocycles. The maximum Gasteiger partial charge on any atom is 0.256 e. The summed E-state index contributed by atoms with van der Waals surface area (Å²) in [5.74, 6) is -1.85. The standard InChI is InChI=1S/C21H21F2NO2S/c1-2-3-4-5-6-7-14-11-19(26)24-16(12-25)13-27-21(24)20(14)15-8-9-17(22)18(23)10-15/h8-13H,2-7H2,1H3. The summed E-state index contributed by atoms with van der Waals surface area (Å²) in [5.41, 5.74) is 2.00. The summed E-state index contributed by atoms with van der Waals surface area (Å²) in [7, 11) is 0. The van der Waals surface area contributed by atoms with Crippen LogP contribution in [-0.2, 0) is 6.42 Å². The fourth-order valence-electron chi connectivity index (χ4n) is 3.32. The van der Waals surface area contributed by atoms with Gasteiger partial charge in [-0.05, 0) is 36.1 Å². The molecule has 2 heterocycles. The zero-order valence-electron chi connectivity index (χ0n) is 15.1. The van der Waals surface area contributed by atoms with Crippen LogP contribution in [0.4, 0.5) is 8.78 Å². The number of aldehydes is 1. The third-order valence-corrected chi connectivity index (χ3v) is 5.65. The van der Waals surface area contributed by atoms with E-state index in [4.69, 9.17) is 0 Å². The topological polar surface area (TPSA) is 38.5 Å². The predicted octanol–water partition coefficient (Wildman–Crippen LogP) is 5.63. The van der Waals surface area contributed by atoms with Gasteiger partial charge < -0.3 is 0 Å². The van der Waals surface area contributed by atoms with Gasteiger partial charge in [-0.1, -0.05) is 38.7 Å². The van der Waals surface area contributed by atoms with E-state index < -0.39 is 11.6 Å². The van der Waals surface area contributed by atoms with Crippen LogP contribution in [0.25, 0.3) is 16.0 Å². The largest absolute Gasteiger partial charge is 0.296 e. The Morgan fingerprint density at radius 1 is 1.07 bits per heavy atom. The Balaban J connectivity index is 2.11. The Kier molecular flexibility index (Phi) is 6.16. The number of carbonyl (C=O) groups is 1. The summed E-state index contributed by atoms with van der Waals surface area (Å²) in [5, 5.41) is 1.61. The first kappa shape index (κ1) is 19.4. The minimum absolute atomic E-state index is 0.262. The number of halogens is 2. The van der Waals surface area contributed by atoms with Crippen LogP contribution in [0.3, 0.4) is 0 Å². The van der Waals surface area contributed by atoms with E-state index in [9.17, 15) is 18.4 Å². The maximum atomic E-state index is 13.8. The van der Waals surface area contributed by atoms with Crippen LogP contribution >= 0.6 is 11.3 Å². The lowest BCUT2D eigenvalue weighted by Crippen LogP contribution is -2.16. The summed E-state index contributed by atoms with van der Waals surface area (Å²) < 4.78 is 28.6. The Morgan fingerprint density at radius 3 is 2.56 bits per heavy atom. The number of rotatable bonds is 8. The molecule has 142 valence electrons. The van der Waals surface area contributed by atoms with Crippen LogP contribution in [0.5, 0.6) is 0 Å². The van der Waals surface area contributed by atoms with Gasteiger partial charge in [-0.3, -0.25) is 14.0 Å². The van der Waals surface area contributed by atoms with E-state index in [-0.39, 0.29) is 11.3 Å². The summed E-state index contributed by atoms with van der Waals surface area (Å²) in [6.45, 7) is 2.15. The van der Waals surface area contributed by atoms with E-state index in [1.165, 1.54) is 34.3 Å². The normalized spacial score (nSPS) is 11.2. The van der Waals surface area contributed by atoms with Gasteiger partial charge in [-0.2, -0.15) is 0 Å². The molecule has 3 nitrogen and oxygen atoms in total. The van der Waals surface area contributed by atoms with Crippen LogP contribution in [0.1, 0.15) is 55.1 Å². The van der Waals surface area contributed by atoms with Gasteiger partial charge in [0.2, 0.25) is 0 Å². The molecular formula is C21H21F2NO2S. The molecule has 0 radical (unpaired) electrons. The van der Waals surface area contributed by atoms with Crippen molar-refractivity contribution in [3.05, 3.63) is 62.9 Å². The molecule has 0 fully saturated rings. The number of aromatic nitrogens is 1. The minimum atomic E-state index is -0.932. The molecule has 0 atom stereocenters. The second-order valence-corrected chi connectivity index (χ2v) is 7.45. The molecule has 0 bridgehead atoms. The fourth-order valence-corrected chi connectivity index (χ4v) is 4.38. The summed E-state index contributed by atoms with van der Waals surface area (Å²) >= 11 is 1.26. The second kappa shape index (κ2) is 8.57. The summed E-state index contributed by atoms with van der Waals surface area (Å²) in [4.78, 5) is 24.4. The van der Waals surface area contributed by atoms with Crippen molar-refractivity contribution >= 4 is 22.5 Å². The van der Waals surface area contributed by atoms with Gasteiger partial charge in [0, 0.05) is 17.0 Å². The average Bonchev–Trinajstić information content (AvgIpc) is 3.09. The average molecular weight is 389 g/mol. The fraction of sp³-hybridized carbons (Fsp3) is 0.333. The molecule has 0 N–H and O–H groups in total. The molecule has 0 unspecified atom stereocenters. The highest BCUT2D eigenvalue weighted by molar-refractivity contribution is 7.16. The first-order chi connectivity index (χ1) is 13.1. The van der Waals surface area contributed by atoms with Gasteiger partial charge in [0.25, 0.3) is 5.56 Å². The Hall–Kier alpha value is -2.34. The van der Waals surface area contributed by atoms with E-state index in [0.29, 0.717) is 28.7 Å². The van der Waals surface area contributed by atoms with Crippen molar-refractivity contribution in [1.29, 1.82) is 0 Å². The number of carbonyl (C=O) groups excluding carboxylic acids is 1. The number of hydrogen-bond acceptors (Lipinski definition) is 3. The van der Waals surface area contributed by atoms with E-state index in [1.807, 2.05) is 0 Å². The molecule has 3 aromatic rings. The molecule has 0 aliphatic rings. The molecule has 0 aliphatic carbocycles. The zero-order chi connectivity index (χ0) is 19.4. The summed E-state index contributed by atoms with van der Waals surface area (Å²) in [6, 6.07) is 5.27. The van der Waals surface area contributed by atoms with Crippen molar-refractivity contribution < 1.29 is 13.6 Å². The van der Waals surface area contributed by atoms with Gasteiger partial charge in [-0.25, -0.2) is 8.78 Å². The van der Waals surface area contributed by atoms with Crippen LogP contribution in [0.2, 0.25) is 0 Å². The number of aryl methyl sites for hydroxylation is 1. The molecule has 3 rings (SSSR count). The minimum Gasteiger partial charge on any atom is -0.296 e. The lowest BCUT2D eigenvalue weighted by atomic mass is 9.97. The van der Waals surface area contributed by atoms with E-state index >= 15 is 0 Å². The number of thiazole rings is 1. The number of nitrogens with zero attached hydrogens (tertiary/aromatic N) is 1. The molecule has 27 heavy (non-hydrogen) atoms. The van der Waals surface area contributed by atoms with Gasteiger partial charge in [0.1, 0.15) is 4.83 Å². The first-order valence-electron chi connectivity index (χ1n) is 9.13. The number of pyridine rings is 1. The van der Waals surface area contributed by atoms with Gasteiger partial charge in [0.15, 0.2) is 17.9 Å². The predicted molar refractivity (Wildman–Crippen MR) is 105 cm³/mol. The molecule has 0 amide bonds. The van der Waals surface area contributed by atoms with E-state index in [0.717, 1.165) is 43.4 Å². The Bertz CT molecular complexity index is 1020. The summed E-state index contributed by atoms with van der Waals surface area (Å²) in [6.07, 6.45) is 6.73. The van der Waals surface area contributed by atoms with Crippen molar-refractivity contribution in [1.82, 2.24) is 4.40 Å². The molecule has 0 saturated heterocycles. The number of unbranched alkanes of at least 4 members (excludes halogenated alkanes) is 4. The Labute approximate surface area is 160 Å². The monoisotopic (exact) mass is 389 g/mol. The van der Waals surface area contributed by atoms with Crippen molar-refractivity contribution in [3.8, 4) is 11.1 Å².